The molecular weight excluding hydrogens is 190 g/mol. The van der Waals surface area contributed by atoms with Crippen LogP contribution in [0.2, 0.25) is 0 Å². The first-order chi connectivity index (χ1) is 7.00. The normalized spacial score (nSPS) is 31.1. The van der Waals surface area contributed by atoms with Gasteiger partial charge < -0.3 is 4.90 Å². The summed E-state index contributed by atoms with van der Waals surface area (Å²) in [7, 11) is 0. The van der Waals surface area contributed by atoms with Gasteiger partial charge in [0.15, 0.2) is 5.78 Å². The van der Waals surface area contributed by atoms with Crippen molar-refractivity contribution < 1.29 is 9.59 Å². The number of ketones is 1. The Labute approximate surface area is 90.8 Å². The van der Waals surface area contributed by atoms with Crippen molar-refractivity contribution in [2.24, 2.45) is 5.41 Å². The number of likely N-dealkylation sites (tertiary alicyclic amines) is 1. The van der Waals surface area contributed by atoms with E-state index in [1.54, 1.807) is 0 Å². The third kappa shape index (κ3) is 1.92. The molecule has 0 radical (unpaired) electrons. The maximum atomic E-state index is 11.7. The highest BCUT2D eigenvalue weighted by atomic mass is 16.2. The molecule has 0 aromatic rings. The molecule has 84 valence electrons. The van der Waals surface area contributed by atoms with E-state index in [9.17, 15) is 9.59 Å². The van der Waals surface area contributed by atoms with Gasteiger partial charge in [-0.05, 0) is 18.3 Å². The van der Waals surface area contributed by atoms with Gasteiger partial charge in [0.1, 0.15) is 0 Å². The number of Topliss-reactive ketones (excluding diaryl/α,β-unsaturated/α-hetero) is 1. The molecule has 15 heavy (non-hydrogen) atoms. The van der Waals surface area contributed by atoms with Crippen LogP contribution in [0.4, 0.5) is 0 Å². The van der Waals surface area contributed by atoms with Gasteiger partial charge in [-0.15, -0.1) is 0 Å². The second-order valence-electron chi connectivity index (χ2n) is 5.49. The summed E-state index contributed by atoms with van der Waals surface area (Å²) >= 11 is 0. The lowest BCUT2D eigenvalue weighted by Crippen LogP contribution is -2.47. The van der Waals surface area contributed by atoms with Crippen molar-refractivity contribution in [1.29, 1.82) is 0 Å². The molecule has 1 saturated carbocycles. The van der Waals surface area contributed by atoms with E-state index in [1.807, 2.05) is 4.90 Å². The van der Waals surface area contributed by atoms with Crippen LogP contribution in [-0.2, 0) is 9.59 Å². The molecule has 0 aromatic heterocycles. The van der Waals surface area contributed by atoms with E-state index >= 15 is 0 Å². The van der Waals surface area contributed by atoms with Crippen molar-refractivity contribution >= 4 is 11.7 Å². The molecule has 0 bridgehead atoms. The molecule has 1 atom stereocenters. The van der Waals surface area contributed by atoms with Gasteiger partial charge >= 0.3 is 0 Å². The van der Waals surface area contributed by atoms with Gasteiger partial charge in [0.25, 0.3) is 0 Å². The number of rotatable bonds is 1. The number of carbonyl (C=O) groups is 2. The smallest absolute Gasteiger partial charge is 0.230 e. The minimum atomic E-state index is 0.0416. The highest BCUT2D eigenvalue weighted by Crippen LogP contribution is 2.39. The second kappa shape index (κ2) is 3.62. The minimum absolute atomic E-state index is 0.0416. The van der Waals surface area contributed by atoms with E-state index in [-0.39, 0.29) is 29.6 Å². The molecule has 1 saturated heterocycles. The predicted molar refractivity (Wildman–Crippen MR) is 57.4 cm³/mol. The average Bonchev–Trinajstić information content (AvgIpc) is 2.44. The highest BCUT2D eigenvalue weighted by Gasteiger charge is 2.41. The second-order valence-corrected chi connectivity index (χ2v) is 5.49. The van der Waals surface area contributed by atoms with Crippen LogP contribution in [0.15, 0.2) is 0 Å². The number of hydrogen-bond donors (Lipinski definition) is 0. The zero-order valence-electron chi connectivity index (χ0n) is 9.58. The van der Waals surface area contributed by atoms with Crippen LogP contribution in [0, 0.1) is 5.41 Å². The molecule has 1 aliphatic carbocycles. The Morgan fingerprint density at radius 2 is 2.00 bits per heavy atom. The van der Waals surface area contributed by atoms with Crippen LogP contribution in [0.1, 0.15) is 46.0 Å². The Morgan fingerprint density at radius 3 is 2.53 bits per heavy atom. The van der Waals surface area contributed by atoms with Crippen LogP contribution in [-0.4, -0.2) is 29.2 Å². The molecule has 1 amide bonds. The molecule has 2 fully saturated rings. The lowest BCUT2D eigenvalue weighted by molar-refractivity contribution is -0.133. The topological polar surface area (TPSA) is 37.4 Å². The molecule has 1 heterocycles. The zero-order chi connectivity index (χ0) is 11.1. The Morgan fingerprint density at radius 1 is 1.27 bits per heavy atom. The summed E-state index contributed by atoms with van der Waals surface area (Å²) in [6.07, 6.45) is 4.79. The molecule has 2 rings (SSSR count). The fraction of sp³-hybridized carbons (Fsp3) is 0.833. The van der Waals surface area contributed by atoms with Gasteiger partial charge in [0, 0.05) is 6.04 Å². The first-order valence-electron chi connectivity index (χ1n) is 5.82. The molecule has 1 unspecified atom stereocenters. The van der Waals surface area contributed by atoms with E-state index in [2.05, 4.69) is 13.8 Å². The quantitative estimate of drug-likeness (QED) is 0.617. The molecule has 0 N–H and O–H groups in total. The summed E-state index contributed by atoms with van der Waals surface area (Å²) in [4.78, 5) is 24.8. The largest absolute Gasteiger partial charge is 0.331 e. The van der Waals surface area contributed by atoms with E-state index in [4.69, 9.17) is 0 Å². The summed E-state index contributed by atoms with van der Waals surface area (Å²) in [5.41, 5.74) is 0.179. The van der Waals surface area contributed by atoms with Gasteiger partial charge in [0.05, 0.1) is 13.0 Å². The van der Waals surface area contributed by atoms with Crippen LogP contribution < -0.4 is 0 Å². The van der Waals surface area contributed by atoms with Crippen LogP contribution in [0.25, 0.3) is 0 Å². The summed E-state index contributed by atoms with van der Waals surface area (Å²) < 4.78 is 0. The van der Waals surface area contributed by atoms with Crippen molar-refractivity contribution in [2.45, 2.75) is 52.0 Å². The maximum Gasteiger partial charge on any atom is 0.230 e. The van der Waals surface area contributed by atoms with Gasteiger partial charge in [-0.25, -0.2) is 0 Å². The number of hydrogen-bond acceptors (Lipinski definition) is 2. The van der Waals surface area contributed by atoms with Gasteiger partial charge in [0.2, 0.25) is 5.91 Å². The van der Waals surface area contributed by atoms with Crippen LogP contribution >= 0.6 is 0 Å². The Kier molecular flexibility index (Phi) is 2.57. The predicted octanol–water partition coefficient (Wildman–Crippen LogP) is 1.76. The van der Waals surface area contributed by atoms with Crippen molar-refractivity contribution in [3.8, 4) is 0 Å². The van der Waals surface area contributed by atoms with Crippen LogP contribution in [0.5, 0.6) is 0 Å². The Balaban J connectivity index is 2.15. The summed E-state index contributed by atoms with van der Waals surface area (Å²) in [6, 6.07) is 0.283. The summed E-state index contributed by atoms with van der Waals surface area (Å²) in [5, 5.41) is 0. The number of carbonyl (C=O) groups excluding carboxylic acids is 2. The lowest BCUT2D eigenvalue weighted by atomic mass is 9.72. The molecule has 3 nitrogen and oxygen atoms in total. The van der Waals surface area contributed by atoms with Crippen molar-refractivity contribution in [3.05, 3.63) is 0 Å². The Bertz CT molecular complexity index is 296. The SMILES string of the molecule is CC1(C)CCCCC1N1CC(=O)CC1=O. The molecular formula is C12H19NO2. The van der Waals surface area contributed by atoms with Gasteiger partial charge in [-0.1, -0.05) is 26.7 Å². The van der Waals surface area contributed by atoms with E-state index in [1.165, 1.54) is 12.8 Å². The van der Waals surface area contributed by atoms with E-state index in [0.29, 0.717) is 6.54 Å². The highest BCUT2D eigenvalue weighted by molar-refractivity contribution is 6.05. The van der Waals surface area contributed by atoms with Crippen molar-refractivity contribution in [3.63, 3.8) is 0 Å². The van der Waals surface area contributed by atoms with Crippen molar-refractivity contribution in [1.82, 2.24) is 4.90 Å². The van der Waals surface area contributed by atoms with E-state index in [0.717, 1.165) is 12.8 Å². The van der Waals surface area contributed by atoms with Crippen LogP contribution in [0.3, 0.4) is 0 Å². The monoisotopic (exact) mass is 209 g/mol. The molecule has 0 spiro atoms. The Hall–Kier alpha value is -0.860. The fourth-order valence-electron chi connectivity index (χ4n) is 2.94. The van der Waals surface area contributed by atoms with Gasteiger partial charge in [-0.3, -0.25) is 9.59 Å². The number of nitrogens with zero attached hydrogens (tertiary/aromatic N) is 1. The van der Waals surface area contributed by atoms with Crippen molar-refractivity contribution in [2.75, 3.05) is 6.54 Å². The molecule has 3 heteroatoms. The number of amides is 1. The third-order valence-corrected chi connectivity index (χ3v) is 3.84. The third-order valence-electron chi connectivity index (χ3n) is 3.84. The van der Waals surface area contributed by atoms with Gasteiger partial charge in [-0.2, -0.15) is 0 Å². The average molecular weight is 209 g/mol. The molecule has 2 aliphatic rings. The summed E-state index contributed by atoms with van der Waals surface area (Å²) in [5.74, 6) is 0.126. The molecule has 0 aromatic carbocycles. The first-order valence-corrected chi connectivity index (χ1v) is 5.82. The maximum absolute atomic E-state index is 11.7. The minimum Gasteiger partial charge on any atom is -0.331 e. The zero-order valence-corrected chi connectivity index (χ0v) is 9.58. The molecule has 1 aliphatic heterocycles. The van der Waals surface area contributed by atoms with E-state index < -0.39 is 0 Å². The summed E-state index contributed by atoms with van der Waals surface area (Å²) in [6.45, 7) is 4.78. The lowest BCUT2D eigenvalue weighted by Gasteiger charge is -2.43. The standard InChI is InChI=1S/C12H19NO2/c1-12(2)6-4-3-5-10(12)13-8-9(14)7-11(13)15/h10H,3-8H2,1-2H3. The first kappa shape index (κ1) is 10.7. The fourth-order valence-corrected chi connectivity index (χ4v) is 2.94.